The van der Waals surface area contributed by atoms with Gasteiger partial charge in [0, 0.05) is 6.89 Å². The zero-order chi connectivity index (χ0) is 19.2. The van der Waals surface area contributed by atoms with Crippen LogP contribution in [0, 0.1) is 6.92 Å². The van der Waals surface area contributed by atoms with Crippen molar-refractivity contribution in [2.45, 2.75) is 6.92 Å². The van der Waals surface area contributed by atoms with Gasteiger partial charge in [-0.25, -0.2) is 0 Å². The van der Waals surface area contributed by atoms with Crippen molar-refractivity contribution < 1.29 is 4.74 Å². The van der Waals surface area contributed by atoms with Gasteiger partial charge in [-0.2, -0.15) is 0 Å². The summed E-state index contributed by atoms with van der Waals surface area (Å²) in [5.74, 6) is 2.99. The summed E-state index contributed by atoms with van der Waals surface area (Å²) in [5, 5.41) is 3.84. The normalized spacial score (nSPS) is 11.0. The minimum atomic E-state index is -2.09. The third-order valence-electron chi connectivity index (χ3n) is 4.92. The number of hydrogen-bond acceptors (Lipinski definition) is 1. The van der Waals surface area contributed by atoms with Crippen LogP contribution in [0.25, 0.3) is 0 Å². The summed E-state index contributed by atoms with van der Waals surface area (Å²) in [5.41, 5.74) is 1.13. The van der Waals surface area contributed by atoms with Gasteiger partial charge in [-0.15, -0.1) is 0 Å². The molecule has 0 amide bonds. The van der Waals surface area contributed by atoms with E-state index in [2.05, 4.69) is 110 Å². The monoisotopic (exact) mass is 382 g/mol. The molecule has 0 saturated heterocycles. The second-order valence-corrected chi connectivity index (χ2v) is 9.92. The van der Waals surface area contributed by atoms with Crippen LogP contribution in [0.2, 0.25) is 0 Å². The molecule has 4 aromatic carbocycles. The molecule has 2 heteroatoms. The van der Waals surface area contributed by atoms with E-state index < -0.39 is 6.89 Å². The fraction of sp³-hybridized carbons (Fsp3) is 0.0385. The van der Waals surface area contributed by atoms with E-state index in [-0.39, 0.29) is 0 Å². The number of ether oxygens (including phenoxy) is 1. The molecule has 0 aliphatic carbocycles. The Balaban J connectivity index is 2.01. The zero-order valence-corrected chi connectivity index (χ0v) is 16.8. The van der Waals surface area contributed by atoms with E-state index in [0.717, 1.165) is 11.3 Å². The Bertz CT molecular complexity index is 983. The molecule has 0 saturated carbocycles. The Labute approximate surface area is 167 Å². The van der Waals surface area contributed by atoms with E-state index in [1.807, 2.05) is 18.2 Å². The first-order valence-electron chi connectivity index (χ1n) is 9.43. The van der Waals surface area contributed by atoms with Crippen LogP contribution in [-0.4, -0.2) is 5.98 Å². The summed E-state index contributed by atoms with van der Waals surface area (Å²) in [6.07, 6.45) is 0. The van der Waals surface area contributed by atoms with E-state index in [1.54, 1.807) is 0 Å². The fourth-order valence-corrected chi connectivity index (χ4v) is 6.90. The molecule has 138 valence electrons. The molecular weight excluding hydrogens is 359 g/mol. The molecule has 0 aliphatic heterocycles. The molecule has 0 heterocycles. The minimum absolute atomic E-state index is 0.898. The average Bonchev–Trinajstić information content (AvgIpc) is 2.78. The first kappa shape index (κ1) is 18.3. The van der Waals surface area contributed by atoms with Crippen LogP contribution in [0.3, 0.4) is 0 Å². The van der Waals surface area contributed by atoms with Crippen molar-refractivity contribution in [1.82, 2.24) is 0 Å². The Morgan fingerprint density at radius 2 is 0.929 bits per heavy atom. The Kier molecular flexibility index (Phi) is 5.46. The molecular formula is C26H23OP. The lowest BCUT2D eigenvalue weighted by molar-refractivity contribution is 0.580. The number of benzene rings is 4. The molecule has 0 aromatic heterocycles. The highest BCUT2D eigenvalue weighted by atomic mass is 31.2. The van der Waals surface area contributed by atoms with E-state index in [1.165, 1.54) is 15.9 Å². The van der Waals surface area contributed by atoms with Gasteiger partial charge < -0.3 is 4.74 Å². The lowest BCUT2D eigenvalue weighted by Gasteiger charge is -2.28. The second kappa shape index (κ2) is 8.33. The summed E-state index contributed by atoms with van der Waals surface area (Å²) < 4.78 is 6.39. The van der Waals surface area contributed by atoms with Gasteiger partial charge in [-0.3, -0.25) is 0 Å². The quantitative estimate of drug-likeness (QED) is 0.435. The van der Waals surface area contributed by atoms with Crippen molar-refractivity contribution >= 4 is 28.8 Å². The van der Waals surface area contributed by atoms with Gasteiger partial charge in [-0.1, -0.05) is 109 Å². The van der Waals surface area contributed by atoms with Crippen LogP contribution in [0.15, 0.2) is 115 Å². The maximum atomic E-state index is 6.39. The zero-order valence-electron chi connectivity index (χ0n) is 15.9. The Hall–Kier alpha value is -3.02. The summed E-state index contributed by atoms with van der Waals surface area (Å²) in [4.78, 5) is 0. The molecule has 0 aliphatic rings. The maximum Gasteiger partial charge on any atom is 0.129 e. The lowest BCUT2D eigenvalue weighted by Crippen LogP contribution is -2.28. The van der Waals surface area contributed by atoms with Crippen LogP contribution in [0.4, 0.5) is 0 Å². The van der Waals surface area contributed by atoms with Crippen molar-refractivity contribution in [2.24, 2.45) is 0 Å². The molecule has 28 heavy (non-hydrogen) atoms. The van der Waals surface area contributed by atoms with Crippen molar-refractivity contribution in [3.05, 3.63) is 121 Å². The molecule has 4 aromatic rings. The van der Waals surface area contributed by atoms with Crippen LogP contribution < -0.4 is 20.7 Å². The highest BCUT2D eigenvalue weighted by Crippen LogP contribution is 2.43. The largest absolute Gasteiger partial charge is 0.464 e. The molecule has 0 atom stereocenters. The SMILES string of the molecule is Cc1ccccc1OC=P(c1ccccc1)(c1ccccc1)c1ccccc1. The molecule has 0 N–H and O–H groups in total. The van der Waals surface area contributed by atoms with Gasteiger partial charge in [0.25, 0.3) is 0 Å². The van der Waals surface area contributed by atoms with Crippen molar-refractivity contribution in [2.75, 3.05) is 0 Å². The first-order chi connectivity index (χ1) is 13.8. The molecule has 0 fully saturated rings. The summed E-state index contributed by atoms with van der Waals surface area (Å²) in [6, 6.07) is 40.3. The predicted molar refractivity (Wildman–Crippen MR) is 123 cm³/mol. The maximum absolute atomic E-state index is 6.39. The summed E-state index contributed by atoms with van der Waals surface area (Å²) in [6.45, 7) is -0.00557. The Morgan fingerprint density at radius 3 is 1.36 bits per heavy atom. The fourth-order valence-electron chi connectivity index (χ4n) is 3.44. The Morgan fingerprint density at radius 1 is 0.536 bits per heavy atom. The van der Waals surface area contributed by atoms with Gasteiger partial charge in [0.15, 0.2) is 0 Å². The highest BCUT2D eigenvalue weighted by Gasteiger charge is 2.26. The van der Waals surface area contributed by atoms with Crippen LogP contribution in [-0.2, 0) is 0 Å². The molecule has 4 rings (SSSR count). The predicted octanol–water partition coefficient (Wildman–Crippen LogP) is 5.13. The van der Waals surface area contributed by atoms with Gasteiger partial charge in [0.05, 0.1) is 5.98 Å². The first-order valence-corrected chi connectivity index (χ1v) is 11.3. The molecule has 0 bridgehead atoms. The van der Waals surface area contributed by atoms with Gasteiger partial charge in [0.2, 0.25) is 0 Å². The molecule has 1 nitrogen and oxygen atoms in total. The van der Waals surface area contributed by atoms with Crippen LogP contribution in [0.1, 0.15) is 5.56 Å². The van der Waals surface area contributed by atoms with Crippen molar-refractivity contribution in [3.8, 4) is 5.75 Å². The van der Waals surface area contributed by atoms with Gasteiger partial charge >= 0.3 is 0 Å². The smallest absolute Gasteiger partial charge is 0.129 e. The third-order valence-corrected chi connectivity index (χ3v) is 8.68. The van der Waals surface area contributed by atoms with E-state index >= 15 is 0 Å². The van der Waals surface area contributed by atoms with E-state index in [4.69, 9.17) is 4.74 Å². The molecule has 0 unspecified atom stereocenters. The number of rotatable bonds is 5. The van der Waals surface area contributed by atoms with E-state index in [9.17, 15) is 0 Å². The second-order valence-electron chi connectivity index (χ2n) is 6.72. The van der Waals surface area contributed by atoms with Crippen molar-refractivity contribution in [1.29, 1.82) is 0 Å². The third kappa shape index (κ3) is 3.54. The van der Waals surface area contributed by atoms with Crippen molar-refractivity contribution in [3.63, 3.8) is 0 Å². The summed E-state index contributed by atoms with van der Waals surface area (Å²) >= 11 is 0. The van der Waals surface area contributed by atoms with E-state index in [0.29, 0.717) is 0 Å². The van der Waals surface area contributed by atoms with Gasteiger partial charge in [-0.05, 0) is 34.5 Å². The molecule has 0 radical (unpaired) electrons. The highest BCUT2D eigenvalue weighted by molar-refractivity contribution is 7.94. The lowest BCUT2D eigenvalue weighted by atomic mass is 10.2. The topological polar surface area (TPSA) is 9.23 Å². The number of aryl methyl sites for hydroxylation is 1. The van der Waals surface area contributed by atoms with Gasteiger partial charge in [0.1, 0.15) is 5.75 Å². The average molecular weight is 382 g/mol. The summed E-state index contributed by atoms with van der Waals surface area (Å²) in [7, 11) is 0. The standard InChI is InChI=1S/C26H23OP/c1-22-13-11-12-20-26(22)27-21-28(23-14-5-2-6-15-23,24-16-7-3-8-17-24)25-18-9-4-10-19-25/h2-21H,1H3. The number of hydrogen-bond donors (Lipinski definition) is 0. The van der Waals surface area contributed by atoms with Crippen LogP contribution >= 0.6 is 6.89 Å². The number of para-hydroxylation sites is 1. The van der Waals surface area contributed by atoms with Crippen LogP contribution in [0.5, 0.6) is 5.75 Å². The minimum Gasteiger partial charge on any atom is -0.464 e. The molecule has 0 spiro atoms.